The Morgan fingerprint density at radius 2 is 2.38 bits per heavy atom. The predicted octanol–water partition coefficient (Wildman–Crippen LogP) is 2.51. The molecule has 0 aromatic heterocycles. The zero-order valence-electron chi connectivity index (χ0n) is 5.19. The molecule has 44 valence electrons. The Kier molecular flexibility index (Phi) is 0.927. The van der Waals surface area contributed by atoms with Crippen LogP contribution in [0.4, 0.5) is 0 Å². The molecular formula is C8H12. The van der Waals surface area contributed by atoms with E-state index in [9.17, 15) is 0 Å². The molecule has 0 aliphatic heterocycles. The maximum atomic E-state index is 2.46. The van der Waals surface area contributed by atoms with Crippen molar-refractivity contribution in [2.24, 2.45) is 5.92 Å². The maximum Gasteiger partial charge on any atom is -0.0200 e. The van der Waals surface area contributed by atoms with Crippen molar-refractivity contribution in [3.63, 3.8) is 0 Å². The van der Waals surface area contributed by atoms with Crippen LogP contribution in [0.25, 0.3) is 0 Å². The third-order valence-corrected chi connectivity index (χ3v) is 2.47. The largest absolute Gasteiger partial charge is 0.0851 e. The summed E-state index contributed by atoms with van der Waals surface area (Å²) in [4.78, 5) is 0. The van der Waals surface area contributed by atoms with Crippen molar-refractivity contribution in [2.75, 3.05) is 0 Å². The Hall–Kier alpha value is -0.260. The molecule has 0 radical (unpaired) electrons. The van der Waals surface area contributed by atoms with Crippen LogP contribution in [-0.2, 0) is 0 Å². The Morgan fingerprint density at radius 3 is 2.75 bits per heavy atom. The molecule has 0 aromatic rings. The van der Waals surface area contributed by atoms with Gasteiger partial charge in [0.1, 0.15) is 0 Å². The van der Waals surface area contributed by atoms with E-state index in [0.717, 1.165) is 5.92 Å². The molecule has 0 amide bonds. The van der Waals surface area contributed by atoms with Crippen molar-refractivity contribution in [2.45, 2.75) is 32.1 Å². The van der Waals surface area contributed by atoms with Crippen LogP contribution in [0.2, 0.25) is 0 Å². The van der Waals surface area contributed by atoms with E-state index in [2.05, 4.69) is 6.08 Å². The van der Waals surface area contributed by atoms with E-state index < -0.39 is 0 Å². The van der Waals surface area contributed by atoms with Crippen molar-refractivity contribution < 1.29 is 0 Å². The van der Waals surface area contributed by atoms with Crippen LogP contribution < -0.4 is 0 Å². The van der Waals surface area contributed by atoms with E-state index in [1.54, 1.807) is 5.57 Å². The van der Waals surface area contributed by atoms with Crippen LogP contribution in [-0.4, -0.2) is 0 Å². The van der Waals surface area contributed by atoms with Crippen molar-refractivity contribution in [1.29, 1.82) is 0 Å². The second-order valence-corrected chi connectivity index (χ2v) is 2.95. The Bertz CT molecular complexity index is 122. The van der Waals surface area contributed by atoms with Gasteiger partial charge in [-0.25, -0.2) is 0 Å². The topological polar surface area (TPSA) is 0 Å². The van der Waals surface area contributed by atoms with Gasteiger partial charge in [0.05, 0.1) is 0 Å². The maximum absolute atomic E-state index is 2.46. The van der Waals surface area contributed by atoms with Gasteiger partial charge in [-0.2, -0.15) is 0 Å². The molecular weight excluding hydrogens is 96.1 g/mol. The molecule has 1 saturated carbocycles. The molecule has 0 nitrogen and oxygen atoms in total. The summed E-state index contributed by atoms with van der Waals surface area (Å²) in [5.74, 6) is 1.05. The fourth-order valence-corrected chi connectivity index (χ4v) is 1.77. The van der Waals surface area contributed by atoms with Crippen LogP contribution >= 0.6 is 0 Å². The lowest BCUT2D eigenvalue weighted by Gasteiger charge is -2.33. The lowest BCUT2D eigenvalue weighted by atomic mass is 9.73. The fraction of sp³-hybridized carbons (Fsp3) is 0.750. The van der Waals surface area contributed by atoms with E-state index in [4.69, 9.17) is 0 Å². The molecule has 2 aliphatic carbocycles. The van der Waals surface area contributed by atoms with Gasteiger partial charge >= 0.3 is 0 Å². The highest BCUT2D eigenvalue weighted by Gasteiger charge is 2.24. The first kappa shape index (κ1) is 4.60. The standard InChI is InChI=1S/C8H12/c1-2-4-8-6-5-7(8)3-1/h3,8H,1-2,4-6H2/t8-/m1/s1. The first-order valence-corrected chi connectivity index (χ1v) is 3.66. The minimum atomic E-state index is 1.05. The van der Waals surface area contributed by atoms with Crippen molar-refractivity contribution in [1.82, 2.24) is 0 Å². The first-order valence-electron chi connectivity index (χ1n) is 3.66. The van der Waals surface area contributed by atoms with E-state index in [1.807, 2.05) is 0 Å². The third kappa shape index (κ3) is 0.521. The van der Waals surface area contributed by atoms with Crippen molar-refractivity contribution in [3.8, 4) is 0 Å². The fourth-order valence-electron chi connectivity index (χ4n) is 1.77. The SMILES string of the molecule is C1=C2CC[C@H]2CCC1. The van der Waals surface area contributed by atoms with E-state index >= 15 is 0 Å². The van der Waals surface area contributed by atoms with Crippen LogP contribution in [0.15, 0.2) is 11.6 Å². The summed E-state index contributed by atoms with van der Waals surface area (Å²) in [5, 5.41) is 0. The van der Waals surface area contributed by atoms with Crippen molar-refractivity contribution in [3.05, 3.63) is 11.6 Å². The van der Waals surface area contributed by atoms with Gasteiger partial charge in [0.25, 0.3) is 0 Å². The minimum absolute atomic E-state index is 1.05. The second-order valence-electron chi connectivity index (χ2n) is 2.95. The summed E-state index contributed by atoms with van der Waals surface area (Å²) in [6, 6.07) is 0. The molecule has 0 N–H and O–H groups in total. The van der Waals surface area contributed by atoms with Gasteiger partial charge in [-0.1, -0.05) is 11.6 Å². The number of rotatable bonds is 0. The van der Waals surface area contributed by atoms with Gasteiger partial charge < -0.3 is 0 Å². The average Bonchev–Trinajstić information content (AvgIpc) is 1.72. The predicted molar refractivity (Wildman–Crippen MR) is 34.7 cm³/mol. The summed E-state index contributed by atoms with van der Waals surface area (Å²) in [5.41, 5.74) is 1.77. The van der Waals surface area contributed by atoms with Crippen LogP contribution in [0.5, 0.6) is 0 Å². The monoisotopic (exact) mass is 108 g/mol. The molecule has 0 unspecified atom stereocenters. The highest BCUT2D eigenvalue weighted by atomic mass is 14.3. The molecule has 1 atom stereocenters. The molecule has 8 heavy (non-hydrogen) atoms. The van der Waals surface area contributed by atoms with Gasteiger partial charge in [-0.15, -0.1) is 0 Å². The van der Waals surface area contributed by atoms with Gasteiger partial charge in [0.2, 0.25) is 0 Å². The van der Waals surface area contributed by atoms with Crippen LogP contribution in [0.3, 0.4) is 0 Å². The molecule has 2 rings (SSSR count). The number of hydrogen-bond acceptors (Lipinski definition) is 0. The Labute approximate surface area is 50.6 Å². The second kappa shape index (κ2) is 1.61. The zero-order valence-corrected chi connectivity index (χ0v) is 5.19. The van der Waals surface area contributed by atoms with Gasteiger partial charge in [-0.05, 0) is 38.0 Å². The minimum Gasteiger partial charge on any atom is -0.0851 e. The number of allylic oxidation sites excluding steroid dienone is 2. The first-order chi connectivity index (χ1) is 3.97. The Balaban J connectivity index is 2.13. The zero-order chi connectivity index (χ0) is 5.40. The Morgan fingerprint density at radius 1 is 1.38 bits per heavy atom. The molecule has 0 spiro atoms. The number of fused-ring (bicyclic) bond motifs is 1. The summed E-state index contributed by atoms with van der Waals surface area (Å²) < 4.78 is 0. The number of hydrogen-bond donors (Lipinski definition) is 0. The van der Waals surface area contributed by atoms with E-state index in [0.29, 0.717) is 0 Å². The highest BCUT2D eigenvalue weighted by molar-refractivity contribution is 5.17. The van der Waals surface area contributed by atoms with Gasteiger partial charge in [0.15, 0.2) is 0 Å². The molecule has 0 aromatic carbocycles. The quantitative estimate of drug-likeness (QED) is 0.418. The summed E-state index contributed by atoms with van der Waals surface area (Å²) in [7, 11) is 0. The smallest absolute Gasteiger partial charge is 0.0200 e. The van der Waals surface area contributed by atoms with Crippen LogP contribution in [0.1, 0.15) is 32.1 Å². The molecule has 2 aliphatic rings. The average molecular weight is 108 g/mol. The molecule has 1 fully saturated rings. The van der Waals surface area contributed by atoms with Gasteiger partial charge in [0, 0.05) is 0 Å². The summed E-state index contributed by atoms with van der Waals surface area (Å²) >= 11 is 0. The molecule has 0 bridgehead atoms. The lowest BCUT2D eigenvalue weighted by Crippen LogP contribution is -2.17. The molecule has 0 heteroatoms. The lowest BCUT2D eigenvalue weighted by molar-refractivity contribution is 0.382. The molecule has 0 heterocycles. The summed E-state index contributed by atoms with van der Waals surface area (Å²) in [6.07, 6.45) is 9.68. The summed E-state index contributed by atoms with van der Waals surface area (Å²) in [6.45, 7) is 0. The highest BCUT2D eigenvalue weighted by Crippen LogP contribution is 2.40. The molecule has 0 saturated heterocycles. The van der Waals surface area contributed by atoms with Gasteiger partial charge in [-0.3, -0.25) is 0 Å². The van der Waals surface area contributed by atoms with E-state index in [1.165, 1.54) is 32.1 Å². The van der Waals surface area contributed by atoms with E-state index in [-0.39, 0.29) is 0 Å². The third-order valence-electron chi connectivity index (χ3n) is 2.47. The normalized spacial score (nSPS) is 35.0. The van der Waals surface area contributed by atoms with Crippen LogP contribution in [0, 0.1) is 5.92 Å². The van der Waals surface area contributed by atoms with Crippen molar-refractivity contribution >= 4 is 0 Å².